The normalized spacial score (nSPS) is 18.3. The first-order chi connectivity index (χ1) is 10.6. The van der Waals surface area contributed by atoms with Crippen LogP contribution in [0.2, 0.25) is 0 Å². The molecule has 2 rings (SSSR count). The van der Waals surface area contributed by atoms with Crippen LogP contribution in [0.1, 0.15) is 19.4 Å². The summed E-state index contributed by atoms with van der Waals surface area (Å²) < 4.78 is 5.99. The fraction of sp³-hybridized carbons (Fsp3) is 0.588. The number of aliphatic imine (C=N–C) groups is 1. The topological polar surface area (TPSA) is 36.9 Å². The molecule has 0 bridgehead atoms. The first kappa shape index (κ1) is 17.2. The fourth-order valence-electron chi connectivity index (χ4n) is 2.53. The highest BCUT2D eigenvalue weighted by molar-refractivity contribution is 8.00. The molecule has 1 saturated heterocycles. The summed E-state index contributed by atoms with van der Waals surface area (Å²) in [6.45, 7) is 8.79. The van der Waals surface area contributed by atoms with Crippen molar-refractivity contribution >= 4 is 17.7 Å². The van der Waals surface area contributed by atoms with E-state index in [1.807, 2.05) is 37.0 Å². The van der Waals surface area contributed by atoms with E-state index in [1.165, 1.54) is 5.56 Å². The van der Waals surface area contributed by atoms with E-state index in [0.29, 0.717) is 18.0 Å². The minimum Gasteiger partial charge on any atom is -0.375 e. The molecule has 5 heteroatoms. The van der Waals surface area contributed by atoms with Crippen molar-refractivity contribution in [2.24, 2.45) is 4.99 Å². The monoisotopic (exact) mass is 321 g/mol. The zero-order valence-corrected chi connectivity index (χ0v) is 14.7. The summed E-state index contributed by atoms with van der Waals surface area (Å²) in [6, 6.07) is 10.3. The highest BCUT2D eigenvalue weighted by Gasteiger charge is 2.28. The van der Waals surface area contributed by atoms with E-state index < -0.39 is 0 Å². The molecule has 0 aliphatic carbocycles. The SMILES string of the molecule is CN=C(NCCOCc1ccccc1)N1CCSC(C)(C)C1. The minimum absolute atomic E-state index is 0.291. The van der Waals surface area contributed by atoms with Crippen molar-refractivity contribution in [3.63, 3.8) is 0 Å². The smallest absolute Gasteiger partial charge is 0.193 e. The highest BCUT2D eigenvalue weighted by atomic mass is 32.2. The van der Waals surface area contributed by atoms with Gasteiger partial charge >= 0.3 is 0 Å². The number of guanidine groups is 1. The number of thioether (sulfide) groups is 1. The number of hydrogen-bond donors (Lipinski definition) is 1. The Bertz CT molecular complexity index is 476. The van der Waals surface area contributed by atoms with Crippen LogP contribution in [0.4, 0.5) is 0 Å². The predicted octanol–water partition coefficient (Wildman–Crippen LogP) is 2.61. The van der Waals surface area contributed by atoms with Gasteiger partial charge in [-0.1, -0.05) is 30.3 Å². The Balaban J connectivity index is 1.68. The molecule has 0 unspecified atom stereocenters. The second kappa shape index (κ2) is 8.44. The van der Waals surface area contributed by atoms with Crippen LogP contribution >= 0.6 is 11.8 Å². The van der Waals surface area contributed by atoms with E-state index in [0.717, 1.165) is 31.3 Å². The molecule has 0 amide bonds. The molecule has 1 aromatic rings. The van der Waals surface area contributed by atoms with Crippen LogP contribution in [0.5, 0.6) is 0 Å². The molecule has 1 aromatic carbocycles. The van der Waals surface area contributed by atoms with E-state index in [9.17, 15) is 0 Å². The molecule has 0 saturated carbocycles. The Morgan fingerprint density at radius 3 is 2.82 bits per heavy atom. The third-order valence-electron chi connectivity index (χ3n) is 3.58. The van der Waals surface area contributed by atoms with Gasteiger partial charge < -0.3 is 15.0 Å². The number of benzene rings is 1. The van der Waals surface area contributed by atoms with Gasteiger partial charge in [-0.25, -0.2) is 0 Å². The van der Waals surface area contributed by atoms with Crippen molar-refractivity contribution in [2.45, 2.75) is 25.2 Å². The van der Waals surface area contributed by atoms with E-state index in [2.05, 4.69) is 41.2 Å². The number of nitrogens with zero attached hydrogens (tertiary/aromatic N) is 2. The molecule has 1 fully saturated rings. The van der Waals surface area contributed by atoms with Gasteiger partial charge in [-0.05, 0) is 19.4 Å². The molecular weight excluding hydrogens is 294 g/mol. The van der Waals surface area contributed by atoms with Gasteiger partial charge in [-0.2, -0.15) is 11.8 Å². The average molecular weight is 321 g/mol. The van der Waals surface area contributed by atoms with Crippen LogP contribution in [-0.2, 0) is 11.3 Å². The quantitative estimate of drug-likeness (QED) is 0.514. The highest BCUT2D eigenvalue weighted by Crippen LogP contribution is 2.29. The molecule has 4 nitrogen and oxygen atoms in total. The number of hydrogen-bond acceptors (Lipinski definition) is 3. The second-order valence-corrected chi connectivity index (χ2v) is 7.84. The zero-order chi connectivity index (χ0) is 15.8. The third-order valence-corrected chi connectivity index (χ3v) is 4.88. The molecule has 1 heterocycles. The number of nitrogens with one attached hydrogen (secondary N) is 1. The zero-order valence-electron chi connectivity index (χ0n) is 13.8. The molecule has 0 spiro atoms. The second-order valence-electron chi connectivity index (χ2n) is 6.04. The van der Waals surface area contributed by atoms with Crippen LogP contribution in [0.25, 0.3) is 0 Å². The lowest BCUT2D eigenvalue weighted by Crippen LogP contribution is -2.51. The molecule has 0 radical (unpaired) electrons. The van der Waals surface area contributed by atoms with Gasteiger partial charge in [0.2, 0.25) is 0 Å². The van der Waals surface area contributed by atoms with Crippen molar-refractivity contribution in [1.82, 2.24) is 10.2 Å². The van der Waals surface area contributed by atoms with Gasteiger partial charge in [0, 0.05) is 37.2 Å². The van der Waals surface area contributed by atoms with E-state index in [1.54, 1.807) is 0 Å². The van der Waals surface area contributed by atoms with Gasteiger partial charge in [0.1, 0.15) is 0 Å². The van der Waals surface area contributed by atoms with E-state index in [-0.39, 0.29) is 0 Å². The molecular formula is C17H27N3OS. The Hall–Kier alpha value is -1.20. The molecule has 1 aliphatic rings. The van der Waals surface area contributed by atoms with Gasteiger partial charge in [-0.15, -0.1) is 0 Å². The van der Waals surface area contributed by atoms with Crippen LogP contribution in [0.3, 0.4) is 0 Å². The van der Waals surface area contributed by atoms with Crippen molar-refractivity contribution in [3.05, 3.63) is 35.9 Å². The lowest BCUT2D eigenvalue weighted by Gasteiger charge is -2.39. The van der Waals surface area contributed by atoms with Crippen molar-refractivity contribution in [2.75, 3.05) is 39.0 Å². The third kappa shape index (κ3) is 5.54. The summed E-state index contributed by atoms with van der Waals surface area (Å²) in [5.74, 6) is 2.13. The summed E-state index contributed by atoms with van der Waals surface area (Å²) in [7, 11) is 1.85. The first-order valence-electron chi connectivity index (χ1n) is 7.82. The average Bonchev–Trinajstić information content (AvgIpc) is 2.51. The summed E-state index contributed by atoms with van der Waals surface area (Å²) in [5, 5.41) is 3.40. The van der Waals surface area contributed by atoms with E-state index in [4.69, 9.17) is 4.74 Å². The van der Waals surface area contributed by atoms with Gasteiger partial charge in [-0.3, -0.25) is 4.99 Å². The predicted molar refractivity (Wildman–Crippen MR) is 95.6 cm³/mol. The summed E-state index contributed by atoms with van der Waals surface area (Å²) in [5.41, 5.74) is 1.21. The van der Waals surface area contributed by atoms with Crippen LogP contribution in [0, 0.1) is 0 Å². The fourth-order valence-corrected chi connectivity index (χ4v) is 3.64. The van der Waals surface area contributed by atoms with Gasteiger partial charge in [0.15, 0.2) is 5.96 Å². The maximum Gasteiger partial charge on any atom is 0.193 e. The standard InChI is InChI=1S/C17H27N3OS/c1-17(2)14-20(10-12-22-17)16(18-3)19-9-11-21-13-15-7-5-4-6-8-15/h4-8H,9-14H2,1-3H3,(H,18,19). The molecule has 0 atom stereocenters. The number of rotatable bonds is 5. The molecule has 1 N–H and O–H groups in total. The Morgan fingerprint density at radius 2 is 2.14 bits per heavy atom. The maximum atomic E-state index is 5.70. The lowest BCUT2D eigenvalue weighted by atomic mass is 10.2. The summed E-state index contributed by atoms with van der Waals surface area (Å²) in [4.78, 5) is 6.74. The molecule has 122 valence electrons. The summed E-state index contributed by atoms with van der Waals surface area (Å²) in [6.07, 6.45) is 0. The summed E-state index contributed by atoms with van der Waals surface area (Å²) >= 11 is 2.03. The molecule has 1 aliphatic heterocycles. The first-order valence-corrected chi connectivity index (χ1v) is 8.80. The van der Waals surface area contributed by atoms with Crippen molar-refractivity contribution in [3.8, 4) is 0 Å². The van der Waals surface area contributed by atoms with Crippen molar-refractivity contribution < 1.29 is 4.74 Å². The van der Waals surface area contributed by atoms with Gasteiger partial charge in [0.05, 0.1) is 13.2 Å². The van der Waals surface area contributed by atoms with Gasteiger partial charge in [0.25, 0.3) is 0 Å². The maximum absolute atomic E-state index is 5.70. The molecule has 22 heavy (non-hydrogen) atoms. The molecule has 0 aromatic heterocycles. The van der Waals surface area contributed by atoms with E-state index >= 15 is 0 Å². The minimum atomic E-state index is 0.291. The van der Waals surface area contributed by atoms with Crippen LogP contribution < -0.4 is 5.32 Å². The van der Waals surface area contributed by atoms with Crippen molar-refractivity contribution in [1.29, 1.82) is 0 Å². The van der Waals surface area contributed by atoms with Crippen LogP contribution in [-0.4, -0.2) is 54.6 Å². The Labute approximate surface area is 138 Å². The Kier molecular flexibility index (Phi) is 6.58. The Morgan fingerprint density at radius 1 is 1.36 bits per heavy atom. The van der Waals surface area contributed by atoms with Crippen LogP contribution in [0.15, 0.2) is 35.3 Å². The largest absolute Gasteiger partial charge is 0.375 e. The number of ether oxygens (including phenoxy) is 1. The lowest BCUT2D eigenvalue weighted by molar-refractivity contribution is 0.125.